The molecule has 3 heteroatoms. The van der Waals surface area contributed by atoms with Crippen LogP contribution in [-0.2, 0) is 17.6 Å². The second-order valence-corrected chi connectivity index (χ2v) is 5.21. The first-order valence-corrected chi connectivity index (χ1v) is 6.78. The van der Waals surface area contributed by atoms with E-state index in [0.717, 1.165) is 25.7 Å². The van der Waals surface area contributed by atoms with E-state index in [-0.39, 0.29) is 17.9 Å². The molecule has 0 heterocycles. The Balaban J connectivity index is 1.84. The average molecular weight is 246 g/mol. The molecule has 1 unspecified atom stereocenters. The highest BCUT2D eigenvalue weighted by Crippen LogP contribution is 2.22. The quantitative estimate of drug-likeness (QED) is 0.830. The highest BCUT2D eigenvalue weighted by molar-refractivity contribution is 5.78. The molecule has 1 atom stereocenters. The Kier molecular flexibility index (Phi) is 4.37. The summed E-state index contributed by atoms with van der Waals surface area (Å²) < 4.78 is 0. The van der Waals surface area contributed by atoms with Gasteiger partial charge < -0.3 is 11.1 Å². The second-order valence-electron chi connectivity index (χ2n) is 5.21. The van der Waals surface area contributed by atoms with Crippen LogP contribution in [-0.4, -0.2) is 18.5 Å². The van der Waals surface area contributed by atoms with Crippen LogP contribution < -0.4 is 11.1 Å². The summed E-state index contributed by atoms with van der Waals surface area (Å²) in [7, 11) is 0. The van der Waals surface area contributed by atoms with Crippen molar-refractivity contribution in [1.82, 2.24) is 5.32 Å². The number of fused-ring (bicyclic) bond motifs is 1. The molecule has 0 spiro atoms. The number of hydrogen-bond donors (Lipinski definition) is 2. The fourth-order valence-electron chi connectivity index (χ4n) is 2.56. The summed E-state index contributed by atoms with van der Waals surface area (Å²) in [6.45, 7) is 2.64. The van der Waals surface area contributed by atoms with Crippen molar-refractivity contribution in [3.63, 3.8) is 0 Å². The smallest absolute Gasteiger partial charge is 0.223 e. The maximum absolute atomic E-state index is 12.0. The predicted octanol–water partition coefficient (Wildman–Crippen LogP) is 1.65. The molecular weight excluding hydrogens is 224 g/mol. The van der Waals surface area contributed by atoms with Gasteiger partial charge in [-0.25, -0.2) is 0 Å². The van der Waals surface area contributed by atoms with Crippen molar-refractivity contribution >= 4 is 5.91 Å². The molecule has 3 N–H and O–H groups in total. The largest absolute Gasteiger partial charge is 0.352 e. The Bertz CT molecular complexity index is 392. The number of carbonyl (C=O) groups is 1. The first-order valence-electron chi connectivity index (χ1n) is 6.78. The van der Waals surface area contributed by atoms with Crippen molar-refractivity contribution in [2.24, 2.45) is 11.7 Å². The van der Waals surface area contributed by atoms with E-state index < -0.39 is 0 Å². The predicted molar refractivity (Wildman–Crippen MR) is 73.2 cm³/mol. The van der Waals surface area contributed by atoms with Gasteiger partial charge in [-0.3, -0.25) is 4.79 Å². The molecule has 0 bridgehead atoms. The Labute approximate surface area is 109 Å². The Morgan fingerprint density at radius 3 is 2.56 bits per heavy atom. The van der Waals surface area contributed by atoms with Gasteiger partial charge in [0.15, 0.2) is 0 Å². The molecule has 1 aromatic carbocycles. The van der Waals surface area contributed by atoms with Gasteiger partial charge in [0.1, 0.15) is 0 Å². The van der Waals surface area contributed by atoms with Crippen LogP contribution in [0.15, 0.2) is 24.3 Å². The van der Waals surface area contributed by atoms with Crippen LogP contribution in [0.3, 0.4) is 0 Å². The van der Waals surface area contributed by atoms with E-state index in [1.807, 2.05) is 6.92 Å². The third-order valence-electron chi connectivity index (χ3n) is 3.69. The van der Waals surface area contributed by atoms with Crippen LogP contribution in [0.5, 0.6) is 0 Å². The highest BCUT2D eigenvalue weighted by Gasteiger charge is 2.23. The van der Waals surface area contributed by atoms with Gasteiger partial charge in [0, 0.05) is 12.0 Å². The molecule has 98 valence electrons. The summed E-state index contributed by atoms with van der Waals surface area (Å²) in [5.41, 5.74) is 8.21. The van der Waals surface area contributed by atoms with Gasteiger partial charge >= 0.3 is 0 Å². The minimum absolute atomic E-state index is 0.0669. The molecule has 0 saturated carbocycles. The summed E-state index contributed by atoms with van der Waals surface area (Å²) in [5.74, 6) is 0.235. The van der Waals surface area contributed by atoms with Crippen LogP contribution in [0.2, 0.25) is 0 Å². The molecule has 1 amide bonds. The first kappa shape index (κ1) is 13.1. The Hall–Kier alpha value is -1.35. The van der Waals surface area contributed by atoms with E-state index in [1.54, 1.807) is 0 Å². The Morgan fingerprint density at radius 1 is 1.39 bits per heavy atom. The van der Waals surface area contributed by atoms with Gasteiger partial charge in [-0.2, -0.15) is 0 Å². The molecule has 18 heavy (non-hydrogen) atoms. The molecule has 0 aliphatic heterocycles. The number of hydrogen-bond acceptors (Lipinski definition) is 2. The fourth-order valence-corrected chi connectivity index (χ4v) is 2.56. The van der Waals surface area contributed by atoms with Crippen LogP contribution in [0.1, 0.15) is 30.9 Å². The van der Waals surface area contributed by atoms with E-state index >= 15 is 0 Å². The fraction of sp³-hybridized carbons (Fsp3) is 0.533. The van der Waals surface area contributed by atoms with E-state index in [9.17, 15) is 4.79 Å². The first-order chi connectivity index (χ1) is 8.70. The number of carbonyl (C=O) groups excluding carboxylic acids is 1. The van der Waals surface area contributed by atoms with Crippen LogP contribution in [0.25, 0.3) is 0 Å². The van der Waals surface area contributed by atoms with Gasteiger partial charge in [-0.15, -0.1) is 0 Å². The minimum Gasteiger partial charge on any atom is -0.352 e. The topological polar surface area (TPSA) is 55.1 Å². The lowest BCUT2D eigenvalue weighted by molar-refractivity contribution is -0.125. The van der Waals surface area contributed by atoms with E-state index in [2.05, 4.69) is 29.6 Å². The lowest BCUT2D eigenvalue weighted by Crippen LogP contribution is -2.38. The third-order valence-corrected chi connectivity index (χ3v) is 3.69. The van der Waals surface area contributed by atoms with Crippen molar-refractivity contribution in [3.8, 4) is 0 Å². The van der Waals surface area contributed by atoms with Crippen molar-refractivity contribution in [2.75, 3.05) is 6.54 Å². The molecule has 1 aromatic rings. The van der Waals surface area contributed by atoms with Crippen molar-refractivity contribution in [3.05, 3.63) is 35.4 Å². The minimum atomic E-state index is 0.0669. The van der Waals surface area contributed by atoms with Gasteiger partial charge in [-0.1, -0.05) is 31.2 Å². The normalized spacial score (nSPS) is 16.3. The maximum atomic E-state index is 12.0. The van der Waals surface area contributed by atoms with Crippen molar-refractivity contribution < 1.29 is 4.79 Å². The molecule has 0 radical (unpaired) electrons. The van der Waals surface area contributed by atoms with E-state index in [4.69, 9.17) is 5.73 Å². The summed E-state index contributed by atoms with van der Waals surface area (Å²) in [4.78, 5) is 12.0. The number of nitrogens with two attached hydrogens (primary N) is 1. The van der Waals surface area contributed by atoms with Crippen LogP contribution >= 0.6 is 0 Å². The van der Waals surface area contributed by atoms with E-state index in [1.165, 1.54) is 11.1 Å². The summed E-state index contributed by atoms with van der Waals surface area (Å²) in [6.07, 6.45) is 3.72. The molecule has 2 rings (SSSR count). The number of nitrogens with one attached hydrogen (secondary N) is 1. The van der Waals surface area contributed by atoms with Crippen molar-refractivity contribution in [1.29, 1.82) is 0 Å². The zero-order chi connectivity index (χ0) is 13.0. The summed E-state index contributed by atoms with van der Waals surface area (Å²) >= 11 is 0. The zero-order valence-electron chi connectivity index (χ0n) is 11.0. The van der Waals surface area contributed by atoms with Crippen LogP contribution in [0, 0.1) is 5.92 Å². The van der Waals surface area contributed by atoms with Gasteiger partial charge in [0.05, 0.1) is 0 Å². The monoisotopic (exact) mass is 246 g/mol. The molecule has 0 fully saturated rings. The number of rotatable bonds is 5. The molecule has 0 aromatic heterocycles. The van der Waals surface area contributed by atoms with Gasteiger partial charge in [0.25, 0.3) is 0 Å². The highest BCUT2D eigenvalue weighted by atomic mass is 16.1. The lowest BCUT2D eigenvalue weighted by atomic mass is 10.0. The molecule has 1 aliphatic carbocycles. The number of benzene rings is 1. The number of amides is 1. The van der Waals surface area contributed by atoms with Gasteiger partial charge in [0.2, 0.25) is 5.91 Å². The maximum Gasteiger partial charge on any atom is 0.223 e. The summed E-state index contributed by atoms with van der Waals surface area (Å²) in [5, 5.41) is 3.15. The lowest BCUT2D eigenvalue weighted by Gasteiger charge is -2.16. The van der Waals surface area contributed by atoms with Crippen LogP contribution in [0.4, 0.5) is 0 Å². The average Bonchev–Trinajstić information content (AvgIpc) is 2.77. The Morgan fingerprint density at radius 2 is 2.00 bits per heavy atom. The molecular formula is C15H22N2O. The molecule has 3 nitrogen and oxygen atoms in total. The van der Waals surface area contributed by atoms with Gasteiger partial charge in [-0.05, 0) is 43.4 Å². The van der Waals surface area contributed by atoms with E-state index in [0.29, 0.717) is 6.54 Å². The third kappa shape index (κ3) is 3.10. The molecule has 1 aliphatic rings. The zero-order valence-corrected chi connectivity index (χ0v) is 11.0. The standard InChI is InChI=1S/C15H22N2O/c1-11(5-4-8-16)15(18)17-14-9-12-6-2-3-7-13(12)10-14/h2-3,6-7,11,14H,4-5,8-10,16H2,1H3,(H,17,18). The molecule has 0 saturated heterocycles. The second kappa shape index (κ2) is 6.01. The van der Waals surface area contributed by atoms with Crippen molar-refractivity contribution in [2.45, 2.75) is 38.6 Å². The summed E-state index contributed by atoms with van der Waals surface area (Å²) in [6, 6.07) is 8.70. The SMILES string of the molecule is CC(CCCN)C(=O)NC1Cc2ccccc2C1.